The Bertz CT molecular complexity index is 655. The van der Waals surface area contributed by atoms with Gasteiger partial charge < -0.3 is 9.64 Å². The molecule has 22 heavy (non-hydrogen) atoms. The van der Waals surface area contributed by atoms with Gasteiger partial charge in [-0.1, -0.05) is 12.1 Å². The number of nitrogens with zero attached hydrogens (tertiary/aromatic N) is 2. The number of carbonyl (C=O) groups excluding carboxylic acids is 1. The van der Waals surface area contributed by atoms with E-state index >= 15 is 0 Å². The van der Waals surface area contributed by atoms with E-state index in [0.29, 0.717) is 25.3 Å². The normalized spacial score (nSPS) is 18.3. The van der Waals surface area contributed by atoms with Gasteiger partial charge in [-0.25, -0.2) is 4.39 Å². The van der Waals surface area contributed by atoms with Gasteiger partial charge >= 0.3 is 0 Å². The highest BCUT2D eigenvalue weighted by Gasteiger charge is 2.26. The van der Waals surface area contributed by atoms with Gasteiger partial charge in [0.15, 0.2) is 0 Å². The van der Waals surface area contributed by atoms with Crippen molar-refractivity contribution >= 4 is 5.91 Å². The van der Waals surface area contributed by atoms with Gasteiger partial charge in [-0.05, 0) is 36.8 Å². The lowest BCUT2D eigenvalue weighted by atomic mass is 10.1. The molecule has 1 aliphatic heterocycles. The molecule has 1 fully saturated rings. The summed E-state index contributed by atoms with van der Waals surface area (Å²) in [6.07, 6.45) is 1.37. The Labute approximate surface area is 128 Å². The fourth-order valence-electron chi connectivity index (χ4n) is 2.49. The summed E-state index contributed by atoms with van der Waals surface area (Å²) >= 11 is 0. The number of ether oxygens (including phenoxy) is 1. The smallest absolute Gasteiger partial charge is 0.255 e. The monoisotopic (exact) mass is 300 g/mol. The zero-order valence-electron chi connectivity index (χ0n) is 12.3. The van der Waals surface area contributed by atoms with Gasteiger partial charge in [0.1, 0.15) is 11.9 Å². The number of morpholine rings is 1. The molecule has 1 atom stereocenters. The molecule has 0 spiro atoms. The Morgan fingerprint density at radius 1 is 1.27 bits per heavy atom. The first-order valence-electron chi connectivity index (χ1n) is 7.22. The van der Waals surface area contributed by atoms with Crippen molar-refractivity contribution in [3.63, 3.8) is 0 Å². The maximum absolute atomic E-state index is 13.0. The fraction of sp³-hybridized carbons (Fsp3) is 0.294. The van der Waals surface area contributed by atoms with Crippen LogP contribution in [0.25, 0.3) is 0 Å². The molecular formula is C17H17FN2O2. The van der Waals surface area contributed by atoms with Crippen LogP contribution in [0.2, 0.25) is 0 Å². The molecule has 3 rings (SSSR count). The van der Waals surface area contributed by atoms with Gasteiger partial charge in [-0.15, -0.1) is 0 Å². The molecule has 0 unspecified atom stereocenters. The summed E-state index contributed by atoms with van der Waals surface area (Å²) in [6, 6.07) is 9.81. The molecule has 0 radical (unpaired) electrons. The van der Waals surface area contributed by atoms with Crippen molar-refractivity contribution < 1.29 is 13.9 Å². The van der Waals surface area contributed by atoms with Crippen molar-refractivity contribution in [1.29, 1.82) is 0 Å². The van der Waals surface area contributed by atoms with Gasteiger partial charge in [0.05, 0.1) is 18.7 Å². The summed E-state index contributed by atoms with van der Waals surface area (Å²) < 4.78 is 18.7. The number of hydrogen-bond donors (Lipinski definition) is 0. The number of hydrogen-bond acceptors (Lipinski definition) is 3. The van der Waals surface area contributed by atoms with Crippen molar-refractivity contribution in [2.24, 2.45) is 0 Å². The van der Waals surface area contributed by atoms with Crippen molar-refractivity contribution in [2.75, 3.05) is 19.7 Å². The average Bonchev–Trinajstić information content (AvgIpc) is 2.56. The zero-order chi connectivity index (χ0) is 15.5. The topological polar surface area (TPSA) is 42.4 Å². The van der Waals surface area contributed by atoms with E-state index in [0.717, 1.165) is 11.3 Å². The molecule has 5 heteroatoms. The van der Waals surface area contributed by atoms with Crippen LogP contribution >= 0.6 is 0 Å². The summed E-state index contributed by atoms with van der Waals surface area (Å²) in [4.78, 5) is 18.4. The van der Waals surface area contributed by atoms with Crippen molar-refractivity contribution in [1.82, 2.24) is 9.88 Å². The highest BCUT2D eigenvalue weighted by molar-refractivity contribution is 5.94. The molecule has 2 heterocycles. The number of halogens is 1. The average molecular weight is 300 g/mol. The zero-order valence-corrected chi connectivity index (χ0v) is 12.3. The van der Waals surface area contributed by atoms with Crippen LogP contribution in [-0.4, -0.2) is 35.5 Å². The summed E-state index contributed by atoms with van der Waals surface area (Å²) in [6.45, 7) is 3.35. The molecule has 1 saturated heterocycles. The van der Waals surface area contributed by atoms with Gasteiger partial charge in [-0.2, -0.15) is 0 Å². The quantitative estimate of drug-likeness (QED) is 0.856. The van der Waals surface area contributed by atoms with Gasteiger partial charge in [0.2, 0.25) is 0 Å². The molecule has 1 aliphatic rings. The lowest BCUT2D eigenvalue weighted by molar-refractivity contribution is -0.0228. The largest absolute Gasteiger partial charge is 0.370 e. The third-order valence-electron chi connectivity index (χ3n) is 3.75. The maximum Gasteiger partial charge on any atom is 0.255 e. The van der Waals surface area contributed by atoms with E-state index < -0.39 is 0 Å². The Kier molecular flexibility index (Phi) is 4.15. The molecule has 4 nitrogen and oxygen atoms in total. The number of carbonyl (C=O) groups is 1. The Morgan fingerprint density at radius 3 is 2.73 bits per heavy atom. The second kappa shape index (κ2) is 6.23. The minimum Gasteiger partial charge on any atom is -0.370 e. The van der Waals surface area contributed by atoms with Crippen LogP contribution in [0.3, 0.4) is 0 Å². The summed E-state index contributed by atoms with van der Waals surface area (Å²) in [5, 5.41) is 0. The third kappa shape index (κ3) is 3.14. The summed E-state index contributed by atoms with van der Waals surface area (Å²) in [5.41, 5.74) is 2.33. The van der Waals surface area contributed by atoms with E-state index in [4.69, 9.17) is 4.74 Å². The minimum absolute atomic E-state index is 0.0529. The van der Waals surface area contributed by atoms with Crippen molar-refractivity contribution in [3.05, 3.63) is 65.2 Å². The standard InChI is InChI=1S/C17H17FN2O2/c1-12-2-3-14(10-19-12)17(21)20-8-9-22-16(11-20)13-4-6-15(18)7-5-13/h2-7,10,16H,8-9,11H2,1H3/t16-/m0/s1. The molecule has 1 aromatic carbocycles. The maximum atomic E-state index is 13.0. The first kappa shape index (κ1) is 14.7. The predicted molar refractivity (Wildman–Crippen MR) is 80.0 cm³/mol. The van der Waals surface area contributed by atoms with Crippen LogP contribution < -0.4 is 0 Å². The Balaban J connectivity index is 1.73. The number of rotatable bonds is 2. The van der Waals surface area contributed by atoms with Gasteiger partial charge in [-0.3, -0.25) is 9.78 Å². The van der Waals surface area contributed by atoms with Crippen LogP contribution in [0.4, 0.5) is 4.39 Å². The molecular weight excluding hydrogens is 283 g/mol. The Hall–Kier alpha value is -2.27. The molecule has 0 N–H and O–H groups in total. The van der Waals surface area contributed by atoms with Crippen molar-refractivity contribution in [2.45, 2.75) is 13.0 Å². The van der Waals surface area contributed by atoms with E-state index in [2.05, 4.69) is 4.98 Å². The van der Waals surface area contributed by atoms with E-state index in [1.54, 1.807) is 29.3 Å². The van der Waals surface area contributed by atoms with Crippen LogP contribution in [-0.2, 0) is 4.74 Å². The molecule has 0 saturated carbocycles. The first-order valence-corrected chi connectivity index (χ1v) is 7.22. The summed E-state index contributed by atoms with van der Waals surface area (Å²) in [7, 11) is 0. The molecule has 1 aromatic heterocycles. The van der Waals surface area contributed by atoms with Gasteiger partial charge in [0, 0.05) is 18.4 Å². The van der Waals surface area contributed by atoms with Crippen LogP contribution in [0.15, 0.2) is 42.6 Å². The third-order valence-corrected chi connectivity index (χ3v) is 3.75. The SMILES string of the molecule is Cc1ccc(C(=O)N2CCO[C@H](c3ccc(F)cc3)C2)cn1. The summed E-state index contributed by atoms with van der Waals surface area (Å²) in [5.74, 6) is -0.332. The number of pyridine rings is 1. The molecule has 114 valence electrons. The number of aromatic nitrogens is 1. The number of amides is 1. The minimum atomic E-state index is -0.279. The lowest BCUT2D eigenvalue weighted by Crippen LogP contribution is -2.42. The second-order valence-corrected chi connectivity index (χ2v) is 5.35. The highest BCUT2D eigenvalue weighted by Crippen LogP contribution is 2.23. The van der Waals surface area contributed by atoms with E-state index in [9.17, 15) is 9.18 Å². The highest BCUT2D eigenvalue weighted by atomic mass is 19.1. The fourth-order valence-corrected chi connectivity index (χ4v) is 2.49. The molecule has 0 bridgehead atoms. The van der Waals surface area contributed by atoms with Crippen LogP contribution in [0, 0.1) is 12.7 Å². The van der Waals surface area contributed by atoms with Crippen LogP contribution in [0.5, 0.6) is 0 Å². The van der Waals surface area contributed by atoms with Gasteiger partial charge in [0.25, 0.3) is 5.91 Å². The molecule has 2 aromatic rings. The van der Waals surface area contributed by atoms with E-state index in [-0.39, 0.29) is 17.8 Å². The Morgan fingerprint density at radius 2 is 2.05 bits per heavy atom. The molecule has 0 aliphatic carbocycles. The lowest BCUT2D eigenvalue weighted by Gasteiger charge is -2.33. The molecule has 1 amide bonds. The van der Waals surface area contributed by atoms with E-state index in [1.165, 1.54) is 12.1 Å². The second-order valence-electron chi connectivity index (χ2n) is 5.35. The number of benzene rings is 1. The predicted octanol–water partition coefficient (Wildman–Crippen LogP) is 2.74. The van der Waals surface area contributed by atoms with Crippen molar-refractivity contribution in [3.8, 4) is 0 Å². The van der Waals surface area contributed by atoms with Crippen LogP contribution in [0.1, 0.15) is 27.7 Å². The van der Waals surface area contributed by atoms with E-state index in [1.807, 2.05) is 13.0 Å². The first-order chi connectivity index (χ1) is 10.6. The number of aryl methyl sites for hydroxylation is 1.